The number of hydrogen-bond donors (Lipinski definition) is 2. The van der Waals surface area contributed by atoms with Crippen LogP contribution < -0.4 is 15.0 Å². The molecule has 0 saturated carbocycles. The summed E-state index contributed by atoms with van der Waals surface area (Å²) in [4.78, 5) is 4.43. The number of likely N-dealkylation sites (tertiary alicyclic amines) is 1. The molecule has 0 spiro atoms. The number of rotatable bonds is 10. The fraction of sp³-hybridized carbons (Fsp3) is 0.229. The highest BCUT2D eigenvalue weighted by atomic mass is 19.1. The van der Waals surface area contributed by atoms with Gasteiger partial charge in [-0.3, -0.25) is 0 Å². The van der Waals surface area contributed by atoms with Gasteiger partial charge in [-0.15, -0.1) is 0 Å². The van der Waals surface area contributed by atoms with E-state index in [1.807, 2.05) is 36.4 Å². The van der Waals surface area contributed by atoms with Crippen molar-refractivity contribution in [2.24, 2.45) is 0 Å². The third-order valence-corrected chi connectivity index (χ3v) is 7.56. The Balaban J connectivity index is 1.26. The van der Waals surface area contributed by atoms with E-state index < -0.39 is 0 Å². The average molecular weight is 567 g/mol. The molecule has 4 aromatic rings. The highest BCUT2D eigenvalue weighted by Crippen LogP contribution is 2.31. The minimum absolute atomic E-state index is 0.0186. The van der Waals surface area contributed by atoms with Crippen molar-refractivity contribution in [1.82, 2.24) is 4.90 Å². The molecule has 0 aliphatic carbocycles. The number of para-hydroxylation sites is 1. The summed E-state index contributed by atoms with van der Waals surface area (Å²) in [6, 6.07) is 26.8. The van der Waals surface area contributed by atoms with E-state index in [4.69, 9.17) is 10.1 Å². The van der Waals surface area contributed by atoms with Gasteiger partial charge < -0.3 is 25.3 Å². The number of halogens is 2. The van der Waals surface area contributed by atoms with Crippen LogP contribution >= 0.6 is 0 Å². The van der Waals surface area contributed by atoms with Crippen molar-refractivity contribution >= 4 is 22.8 Å². The number of aryl methyl sites for hydroxylation is 1. The summed E-state index contributed by atoms with van der Waals surface area (Å²) in [5.41, 5.74) is 5.49. The van der Waals surface area contributed by atoms with Crippen LogP contribution in [0.5, 0.6) is 5.75 Å². The largest absolute Gasteiger partial charge is 0.490 e. The van der Waals surface area contributed by atoms with Crippen molar-refractivity contribution in [3.63, 3.8) is 0 Å². The third kappa shape index (κ3) is 6.97. The normalized spacial score (nSPS) is 13.5. The van der Waals surface area contributed by atoms with Gasteiger partial charge in [0.2, 0.25) is 0 Å². The molecular formula is C35H36F2N4O. The quantitative estimate of drug-likeness (QED) is 0.189. The van der Waals surface area contributed by atoms with E-state index in [2.05, 4.69) is 40.8 Å². The van der Waals surface area contributed by atoms with Crippen molar-refractivity contribution in [1.29, 1.82) is 5.41 Å². The van der Waals surface area contributed by atoms with Gasteiger partial charge in [0.25, 0.3) is 0 Å². The van der Waals surface area contributed by atoms with Gasteiger partial charge >= 0.3 is 0 Å². The van der Waals surface area contributed by atoms with Crippen molar-refractivity contribution in [3.05, 3.63) is 132 Å². The van der Waals surface area contributed by atoms with Gasteiger partial charge in [0.05, 0.1) is 0 Å². The Kier molecular flexibility index (Phi) is 8.86. The first-order valence-corrected chi connectivity index (χ1v) is 14.2. The van der Waals surface area contributed by atoms with Gasteiger partial charge in [0, 0.05) is 60.8 Å². The molecule has 0 atom stereocenters. The van der Waals surface area contributed by atoms with E-state index in [0.29, 0.717) is 29.3 Å². The summed E-state index contributed by atoms with van der Waals surface area (Å²) in [5.74, 6) is 1.01. The van der Waals surface area contributed by atoms with Crippen LogP contribution in [0.15, 0.2) is 103 Å². The van der Waals surface area contributed by atoms with E-state index in [9.17, 15) is 8.78 Å². The summed E-state index contributed by atoms with van der Waals surface area (Å²) in [7, 11) is 0. The van der Waals surface area contributed by atoms with Crippen LogP contribution in [-0.4, -0.2) is 29.8 Å². The van der Waals surface area contributed by atoms with E-state index in [0.717, 1.165) is 54.3 Å². The SMILES string of the molecule is C=C(N1CCC(Oc2ccc(Nc3cccc(F)c3)c(C(C)=N)c2)CC1)N(Cc1cccc(F)c1)c1ccccc1C. The zero-order valence-electron chi connectivity index (χ0n) is 24.0. The molecule has 4 aromatic carbocycles. The predicted molar refractivity (Wildman–Crippen MR) is 167 cm³/mol. The van der Waals surface area contributed by atoms with Gasteiger partial charge in [-0.25, -0.2) is 8.78 Å². The second kappa shape index (κ2) is 12.9. The maximum absolute atomic E-state index is 14.0. The van der Waals surface area contributed by atoms with Crippen molar-refractivity contribution in [2.45, 2.75) is 39.3 Å². The van der Waals surface area contributed by atoms with Gasteiger partial charge in [0.1, 0.15) is 29.3 Å². The van der Waals surface area contributed by atoms with Crippen LogP contribution in [0.2, 0.25) is 0 Å². The summed E-state index contributed by atoms with van der Waals surface area (Å²) >= 11 is 0. The Bertz CT molecular complexity index is 1580. The molecule has 0 amide bonds. The number of ether oxygens (including phenoxy) is 1. The first kappa shape index (κ1) is 28.9. The first-order valence-electron chi connectivity index (χ1n) is 14.2. The zero-order chi connectivity index (χ0) is 29.6. The number of benzene rings is 4. The molecule has 42 heavy (non-hydrogen) atoms. The second-order valence-corrected chi connectivity index (χ2v) is 10.7. The molecule has 2 N–H and O–H groups in total. The molecule has 0 aromatic heterocycles. The molecule has 7 heteroatoms. The third-order valence-electron chi connectivity index (χ3n) is 7.56. The van der Waals surface area contributed by atoms with Crippen LogP contribution in [0.1, 0.15) is 36.5 Å². The minimum Gasteiger partial charge on any atom is -0.490 e. The number of hydrogen-bond acceptors (Lipinski definition) is 5. The summed E-state index contributed by atoms with van der Waals surface area (Å²) in [5, 5.41) is 11.5. The highest BCUT2D eigenvalue weighted by Gasteiger charge is 2.25. The number of piperidine rings is 1. The molecule has 1 aliphatic heterocycles. The standard InChI is InChI=1S/C35H36F2N4O/c1-24-8-4-5-13-35(24)41(23-27-9-6-10-28(36)20-27)26(3)40-18-16-31(17-19-40)42-32-14-15-34(33(22-32)25(2)38)39-30-12-7-11-29(37)21-30/h4-15,20-22,31,38-39H,3,16-19,23H2,1-2H3. The monoisotopic (exact) mass is 566 g/mol. The predicted octanol–water partition coefficient (Wildman–Crippen LogP) is 8.43. The Labute approximate surface area is 246 Å². The minimum atomic E-state index is -0.321. The topological polar surface area (TPSA) is 51.6 Å². The lowest BCUT2D eigenvalue weighted by Gasteiger charge is -2.40. The van der Waals surface area contributed by atoms with Crippen LogP contribution in [0.25, 0.3) is 0 Å². The lowest BCUT2D eigenvalue weighted by atomic mass is 10.1. The van der Waals surface area contributed by atoms with Gasteiger partial charge in [-0.1, -0.05) is 43.0 Å². The van der Waals surface area contributed by atoms with E-state index in [1.54, 1.807) is 31.2 Å². The Morgan fingerprint density at radius 2 is 1.67 bits per heavy atom. The maximum Gasteiger partial charge on any atom is 0.125 e. The lowest BCUT2D eigenvalue weighted by molar-refractivity contribution is 0.116. The molecule has 1 aliphatic rings. The molecule has 5 rings (SSSR count). The molecule has 1 saturated heterocycles. The van der Waals surface area contributed by atoms with Crippen molar-refractivity contribution in [3.8, 4) is 5.75 Å². The molecule has 0 unspecified atom stereocenters. The van der Waals surface area contributed by atoms with E-state index in [-0.39, 0.29) is 17.7 Å². The smallest absolute Gasteiger partial charge is 0.125 e. The molecular weight excluding hydrogens is 530 g/mol. The molecule has 1 heterocycles. The molecule has 1 fully saturated rings. The lowest BCUT2D eigenvalue weighted by Crippen LogP contribution is -2.42. The number of nitrogens with zero attached hydrogens (tertiary/aromatic N) is 2. The number of nitrogens with one attached hydrogen (secondary N) is 2. The number of anilines is 3. The zero-order valence-corrected chi connectivity index (χ0v) is 24.0. The summed E-state index contributed by atoms with van der Waals surface area (Å²) in [6.45, 7) is 10.3. The van der Waals surface area contributed by atoms with Crippen LogP contribution in [0, 0.1) is 24.0 Å². The van der Waals surface area contributed by atoms with Crippen molar-refractivity contribution < 1.29 is 13.5 Å². The highest BCUT2D eigenvalue weighted by molar-refractivity contribution is 6.02. The fourth-order valence-electron chi connectivity index (χ4n) is 5.33. The van der Waals surface area contributed by atoms with Crippen molar-refractivity contribution in [2.75, 3.05) is 23.3 Å². The molecule has 0 bridgehead atoms. The van der Waals surface area contributed by atoms with Gasteiger partial charge in [0.15, 0.2) is 0 Å². The summed E-state index contributed by atoms with van der Waals surface area (Å²) in [6.07, 6.45) is 1.64. The van der Waals surface area contributed by atoms with Crippen LogP contribution in [-0.2, 0) is 6.54 Å². The fourth-order valence-corrected chi connectivity index (χ4v) is 5.33. The first-order chi connectivity index (χ1) is 20.3. The average Bonchev–Trinajstić information content (AvgIpc) is 2.97. The maximum atomic E-state index is 14.0. The van der Waals surface area contributed by atoms with Gasteiger partial charge in [-0.2, -0.15) is 0 Å². The molecule has 0 radical (unpaired) electrons. The molecule has 5 nitrogen and oxygen atoms in total. The summed E-state index contributed by atoms with van der Waals surface area (Å²) < 4.78 is 34.0. The molecule has 216 valence electrons. The Hall–Kier alpha value is -4.65. The van der Waals surface area contributed by atoms with Crippen LogP contribution in [0.4, 0.5) is 25.8 Å². The Morgan fingerprint density at radius 3 is 2.36 bits per heavy atom. The Morgan fingerprint density at radius 1 is 0.952 bits per heavy atom. The van der Waals surface area contributed by atoms with E-state index >= 15 is 0 Å². The van der Waals surface area contributed by atoms with Gasteiger partial charge in [-0.05, 0) is 79.6 Å². The van der Waals surface area contributed by atoms with E-state index in [1.165, 1.54) is 18.2 Å². The van der Waals surface area contributed by atoms with Crippen LogP contribution in [0.3, 0.4) is 0 Å². The second-order valence-electron chi connectivity index (χ2n) is 10.7.